The summed E-state index contributed by atoms with van der Waals surface area (Å²) in [5.41, 5.74) is 7.55. The molecular weight excluding hydrogens is 522 g/mol. The van der Waals surface area contributed by atoms with Crippen LogP contribution < -0.4 is 21.7 Å². The monoisotopic (exact) mass is 553 g/mol. The predicted octanol–water partition coefficient (Wildman–Crippen LogP) is -0.266. The predicted molar refractivity (Wildman–Crippen MR) is 143 cm³/mol. The van der Waals surface area contributed by atoms with Crippen molar-refractivity contribution in [1.29, 1.82) is 0 Å². The summed E-state index contributed by atoms with van der Waals surface area (Å²) in [6.07, 6.45) is 3.23. The Morgan fingerprint density at radius 3 is 2.24 bits per heavy atom. The molecule has 4 atom stereocenters. The van der Waals surface area contributed by atoms with Gasteiger partial charge in [-0.15, -0.1) is 0 Å². The van der Waals surface area contributed by atoms with Gasteiger partial charge in [-0.05, 0) is 30.1 Å². The Labute approximate surface area is 222 Å². The number of aliphatic carboxylic acids is 2. The molecule has 0 radical (unpaired) electrons. The van der Waals surface area contributed by atoms with E-state index in [9.17, 15) is 29.1 Å². The second-order valence-corrected chi connectivity index (χ2v) is 9.60. The number of amides is 3. The van der Waals surface area contributed by atoms with Crippen LogP contribution >= 0.6 is 24.4 Å². The summed E-state index contributed by atoms with van der Waals surface area (Å²) in [6.45, 7) is 0. The van der Waals surface area contributed by atoms with Crippen LogP contribution in [0.2, 0.25) is 0 Å². The first-order valence-electron chi connectivity index (χ1n) is 11.3. The number of carboxylic acid groups (broad SMARTS) is 2. The van der Waals surface area contributed by atoms with Gasteiger partial charge in [0.2, 0.25) is 17.7 Å². The number of aromatic nitrogens is 1. The van der Waals surface area contributed by atoms with Crippen molar-refractivity contribution in [3.05, 3.63) is 36.0 Å². The Kier molecular flexibility index (Phi) is 11.8. The number of thiol groups is 1. The molecule has 37 heavy (non-hydrogen) atoms. The molecule has 14 heteroatoms. The molecule has 1 aromatic heterocycles. The van der Waals surface area contributed by atoms with Crippen molar-refractivity contribution in [2.24, 2.45) is 5.73 Å². The van der Waals surface area contributed by atoms with E-state index >= 15 is 0 Å². The molecule has 0 bridgehead atoms. The highest BCUT2D eigenvalue weighted by molar-refractivity contribution is 7.98. The molecule has 0 saturated heterocycles. The van der Waals surface area contributed by atoms with Crippen molar-refractivity contribution in [3.63, 3.8) is 0 Å². The van der Waals surface area contributed by atoms with Gasteiger partial charge in [-0.25, -0.2) is 4.79 Å². The fourth-order valence-electron chi connectivity index (χ4n) is 3.50. The maximum Gasteiger partial charge on any atom is 0.326 e. The molecule has 12 nitrogen and oxygen atoms in total. The number of para-hydroxylation sites is 1. The lowest BCUT2D eigenvalue weighted by atomic mass is 10.0. The molecule has 202 valence electrons. The molecule has 4 unspecified atom stereocenters. The summed E-state index contributed by atoms with van der Waals surface area (Å²) in [4.78, 5) is 63.9. The zero-order valence-corrected chi connectivity index (χ0v) is 21.8. The van der Waals surface area contributed by atoms with Gasteiger partial charge in [0, 0.05) is 29.3 Å². The highest BCUT2D eigenvalue weighted by atomic mass is 32.2. The van der Waals surface area contributed by atoms with Gasteiger partial charge < -0.3 is 36.9 Å². The number of carboxylic acids is 2. The molecule has 0 saturated carbocycles. The second-order valence-electron chi connectivity index (χ2n) is 8.25. The Hall–Kier alpha value is -3.23. The molecule has 0 aliphatic heterocycles. The summed E-state index contributed by atoms with van der Waals surface area (Å²) in [5.74, 6) is -4.69. The maximum absolute atomic E-state index is 13.2. The lowest BCUT2D eigenvalue weighted by molar-refractivity contribution is -0.147. The third-order valence-corrected chi connectivity index (χ3v) is 6.52. The van der Waals surface area contributed by atoms with Crippen LogP contribution in [0.25, 0.3) is 10.9 Å². The van der Waals surface area contributed by atoms with Gasteiger partial charge in [-0.1, -0.05) is 18.2 Å². The SMILES string of the molecule is CSCCC(N)C(=O)NC(Cc1c[nH]c2ccccc12)C(=O)NC(CS)C(=O)NC(CC(=O)O)C(=O)O. The molecule has 0 spiro atoms. The van der Waals surface area contributed by atoms with E-state index in [1.54, 1.807) is 6.20 Å². The second kappa shape index (κ2) is 14.5. The molecule has 2 aromatic rings. The first-order valence-corrected chi connectivity index (χ1v) is 13.4. The van der Waals surface area contributed by atoms with Crippen molar-refractivity contribution >= 4 is 65.0 Å². The maximum atomic E-state index is 13.2. The Bertz CT molecular complexity index is 1130. The third kappa shape index (κ3) is 8.98. The molecule has 2 rings (SSSR count). The van der Waals surface area contributed by atoms with E-state index in [-0.39, 0.29) is 12.2 Å². The first kappa shape index (κ1) is 30.0. The van der Waals surface area contributed by atoms with Crippen molar-refractivity contribution < 1.29 is 34.2 Å². The first-order chi connectivity index (χ1) is 17.6. The van der Waals surface area contributed by atoms with E-state index in [4.69, 9.17) is 10.8 Å². The molecule has 1 aromatic carbocycles. The molecule has 8 N–H and O–H groups in total. The quantitative estimate of drug-likeness (QED) is 0.137. The van der Waals surface area contributed by atoms with E-state index in [1.807, 2.05) is 30.5 Å². The van der Waals surface area contributed by atoms with E-state index in [0.29, 0.717) is 12.2 Å². The van der Waals surface area contributed by atoms with Crippen molar-refractivity contribution in [2.75, 3.05) is 17.8 Å². The van der Waals surface area contributed by atoms with Gasteiger partial charge >= 0.3 is 11.9 Å². The molecule has 1 heterocycles. The van der Waals surface area contributed by atoms with Crippen LogP contribution in [0, 0.1) is 0 Å². The fourth-order valence-corrected chi connectivity index (χ4v) is 4.24. The lowest BCUT2D eigenvalue weighted by Crippen LogP contribution is -2.58. The summed E-state index contributed by atoms with van der Waals surface area (Å²) < 4.78 is 0. The van der Waals surface area contributed by atoms with Crippen LogP contribution in [0.5, 0.6) is 0 Å². The molecule has 0 aliphatic carbocycles. The van der Waals surface area contributed by atoms with Crippen molar-refractivity contribution in [2.45, 2.75) is 43.4 Å². The van der Waals surface area contributed by atoms with E-state index < -0.39 is 60.2 Å². The number of benzene rings is 1. The Balaban J connectivity index is 2.22. The number of rotatable bonds is 15. The zero-order chi connectivity index (χ0) is 27.5. The number of nitrogens with one attached hydrogen (secondary N) is 4. The standard InChI is InChI=1S/C23H31N5O7S2/c1-37-7-6-14(24)20(31)26-16(8-12-10-25-15-5-3-2-4-13(12)15)21(32)28-18(11-36)22(33)27-17(23(34)35)9-19(29)30/h2-5,10,14,16-18,25,36H,6-9,11,24H2,1H3,(H,26,31)(H,27,33)(H,28,32)(H,29,30)(H,34,35). The number of hydrogen-bond donors (Lipinski definition) is 8. The Morgan fingerprint density at radius 1 is 1.00 bits per heavy atom. The van der Waals surface area contributed by atoms with Crippen LogP contribution in [-0.2, 0) is 30.4 Å². The van der Waals surface area contributed by atoms with Gasteiger partial charge in [0.25, 0.3) is 0 Å². The number of aromatic amines is 1. The minimum Gasteiger partial charge on any atom is -0.481 e. The number of carbonyl (C=O) groups excluding carboxylic acids is 3. The third-order valence-electron chi connectivity index (χ3n) is 5.51. The average Bonchev–Trinajstić information content (AvgIpc) is 3.27. The number of hydrogen-bond acceptors (Lipinski definition) is 8. The summed E-state index contributed by atoms with van der Waals surface area (Å²) in [5, 5.41) is 26.2. The topological polar surface area (TPSA) is 204 Å². The lowest BCUT2D eigenvalue weighted by Gasteiger charge is -2.24. The number of nitrogens with two attached hydrogens (primary N) is 1. The Morgan fingerprint density at radius 2 is 1.62 bits per heavy atom. The number of carbonyl (C=O) groups is 5. The van der Waals surface area contributed by atoms with Crippen molar-refractivity contribution in [1.82, 2.24) is 20.9 Å². The fraction of sp³-hybridized carbons (Fsp3) is 0.435. The largest absolute Gasteiger partial charge is 0.481 e. The van der Waals surface area contributed by atoms with Gasteiger partial charge in [-0.3, -0.25) is 19.2 Å². The summed E-state index contributed by atoms with van der Waals surface area (Å²) >= 11 is 5.59. The van der Waals surface area contributed by atoms with Gasteiger partial charge in [0.15, 0.2) is 0 Å². The van der Waals surface area contributed by atoms with Crippen LogP contribution in [0.15, 0.2) is 30.5 Å². The van der Waals surface area contributed by atoms with Crippen LogP contribution in [0.4, 0.5) is 0 Å². The summed E-state index contributed by atoms with van der Waals surface area (Å²) in [6, 6.07) is 2.47. The number of fused-ring (bicyclic) bond motifs is 1. The normalized spacial score (nSPS) is 14.2. The molecule has 0 aliphatic rings. The summed E-state index contributed by atoms with van der Waals surface area (Å²) in [7, 11) is 0. The molecular formula is C23H31N5O7S2. The van der Waals surface area contributed by atoms with E-state index in [0.717, 1.165) is 16.5 Å². The van der Waals surface area contributed by atoms with E-state index in [1.165, 1.54) is 11.8 Å². The van der Waals surface area contributed by atoms with Gasteiger partial charge in [0.05, 0.1) is 12.5 Å². The van der Waals surface area contributed by atoms with Crippen molar-refractivity contribution in [3.8, 4) is 0 Å². The smallest absolute Gasteiger partial charge is 0.326 e. The van der Waals surface area contributed by atoms with Gasteiger partial charge in [-0.2, -0.15) is 24.4 Å². The zero-order valence-electron chi connectivity index (χ0n) is 20.1. The molecule has 0 fully saturated rings. The minimum atomic E-state index is -1.69. The average molecular weight is 554 g/mol. The van der Waals surface area contributed by atoms with Crippen LogP contribution in [-0.4, -0.2) is 86.8 Å². The molecule has 3 amide bonds. The number of thioether (sulfide) groups is 1. The van der Waals surface area contributed by atoms with Crippen LogP contribution in [0.3, 0.4) is 0 Å². The number of H-pyrrole nitrogens is 1. The minimum absolute atomic E-state index is 0.0779. The van der Waals surface area contributed by atoms with Gasteiger partial charge in [0.1, 0.15) is 18.1 Å². The highest BCUT2D eigenvalue weighted by Crippen LogP contribution is 2.19. The van der Waals surface area contributed by atoms with Crippen LogP contribution in [0.1, 0.15) is 18.4 Å². The highest BCUT2D eigenvalue weighted by Gasteiger charge is 2.31. The van der Waals surface area contributed by atoms with E-state index in [2.05, 4.69) is 33.6 Å².